The second-order valence-electron chi connectivity index (χ2n) is 4.33. The largest absolute Gasteiger partial charge is 0.454 e. The smallest absolute Gasteiger partial charge is 0.336 e. The fraction of sp³-hybridized carbons (Fsp3) is 0.0714. The van der Waals surface area contributed by atoms with Gasteiger partial charge in [-0.05, 0) is 24.6 Å². The third-order valence-corrected chi connectivity index (χ3v) is 3.28. The first-order valence-corrected chi connectivity index (χ1v) is 6.69. The molecule has 0 atom stereocenters. The molecule has 0 spiro atoms. The number of benzene rings is 1. The van der Waals surface area contributed by atoms with Gasteiger partial charge in [-0.3, -0.25) is 0 Å². The van der Waals surface area contributed by atoms with E-state index in [0.29, 0.717) is 11.3 Å². The van der Waals surface area contributed by atoms with Gasteiger partial charge in [0.25, 0.3) is 0 Å². The molecule has 0 saturated heterocycles. The van der Waals surface area contributed by atoms with Crippen molar-refractivity contribution in [2.45, 2.75) is 6.92 Å². The Hall–Kier alpha value is -2.11. The van der Waals surface area contributed by atoms with E-state index in [1.807, 2.05) is 6.92 Å². The minimum Gasteiger partial charge on any atom is -0.454 e. The Balaban J connectivity index is 2.05. The highest BCUT2D eigenvalue weighted by Gasteiger charge is 2.09. The van der Waals surface area contributed by atoms with Crippen molar-refractivity contribution in [3.05, 3.63) is 56.6 Å². The molecule has 0 aliphatic rings. The minimum absolute atomic E-state index is 0.0881. The highest BCUT2D eigenvalue weighted by atomic mass is 35.5. The van der Waals surface area contributed by atoms with Crippen molar-refractivity contribution in [2.75, 3.05) is 0 Å². The average Bonchev–Trinajstić information content (AvgIpc) is 2.42. The Morgan fingerprint density at radius 1 is 1.14 bits per heavy atom. The van der Waals surface area contributed by atoms with Gasteiger partial charge >= 0.3 is 5.63 Å². The van der Waals surface area contributed by atoms with Crippen molar-refractivity contribution in [1.29, 1.82) is 0 Å². The maximum Gasteiger partial charge on any atom is 0.336 e. The molecule has 0 fully saturated rings. The maximum atomic E-state index is 11.4. The first-order chi connectivity index (χ1) is 10.0. The number of hydrogen-bond donors (Lipinski definition) is 0. The van der Waals surface area contributed by atoms with Gasteiger partial charge in [0.1, 0.15) is 11.3 Å². The lowest BCUT2D eigenvalue weighted by atomic mass is 10.1. The van der Waals surface area contributed by atoms with E-state index in [1.165, 1.54) is 12.1 Å². The number of fused-ring (bicyclic) bond motifs is 1. The third-order valence-electron chi connectivity index (χ3n) is 2.84. The Kier molecular flexibility index (Phi) is 3.53. The summed E-state index contributed by atoms with van der Waals surface area (Å²) >= 11 is 11.6. The quantitative estimate of drug-likeness (QED) is 0.667. The van der Waals surface area contributed by atoms with Gasteiger partial charge in [-0.2, -0.15) is 0 Å². The Bertz CT molecular complexity index is 893. The van der Waals surface area contributed by atoms with Crippen LogP contribution in [0.1, 0.15) is 5.56 Å². The molecule has 0 radical (unpaired) electrons. The van der Waals surface area contributed by atoms with Crippen LogP contribution in [0.3, 0.4) is 0 Å². The summed E-state index contributed by atoms with van der Waals surface area (Å²) < 4.78 is 10.7. The first kappa shape index (κ1) is 13.9. The Labute approximate surface area is 129 Å². The summed E-state index contributed by atoms with van der Waals surface area (Å²) in [4.78, 5) is 11.4. The second kappa shape index (κ2) is 5.35. The van der Waals surface area contributed by atoms with Crippen molar-refractivity contribution >= 4 is 34.2 Å². The second-order valence-corrected chi connectivity index (χ2v) is 5.08. The molecular formula is C14H8Cl2N2O3. The van der Waals surface area contributed by atoms with E-state index in [2.05, 4.69) is 10.2 Å². The lowest BCUT2D eigenvalue weighted by Crippen LogP contribution is -1.98. The molecule has 106 valence electrons. The molecule has 0 aliphatic heterocycles. The van der Waals surface area contributed by atoms with Crippen molar-refractivity contribution in [3.8, 4) is 11.5 Å². The molecule has 21 heavy (non-hydrogen) atoms. The van der Waals surface area contributed by atoms with Gasteiger partial charge in [-0.25, -0.2) is 4.79 Å². The number of halogens is 2. The summed E-state index contributed by atoms with van der Waals surface area (Å²) in [5, 5.41) is 8.33. The predicted octanol–water partition coefficient (Wildman–Crippen LogP) is 3.99. The molecule has 0 bridgehead atoms. The van der Waals surface area contributed by atoms with Crippen LogP contribution in [0.4, 0.5) is 0 Å². The zero-order valence-corrected chi connectivity index (χ0v) is 12.3. The average molecular weight is 323 g/mol. The SMILES string of the molecule is Cc1cc(=O)oc2cc(Oc3cc(Cl)nnc3Cl)ccc12. The number of nitrogens with zero attached hydrogens (tertiary/aromatic N) is 2. The van der Waals surface area contributed by atoms with Crippen LogP contribution in [0.2, 0.25) is 10.3 Å². The van der Waals surface area contributed by atoms with Crippen LogP contribution >= 0.6 is 23.2 Å². The van der Waals surface area contributed by atoms with Crippen LogP contribution in [0.5, 0.6) is 11.5 Å². The predicted molar refractivity (Wildman–Crippen MR) is 79.3 cm³/mol. The molecule has 0 amide bonds. The third kappa shape index (κ3) is 2.84. The molecule has 3 aromatic rings. The number of aromatic nitrogens is 2. The number of aryl methyl sites for hydroxylation is 1. The lowest BCUT2D eigenvalue weighted by Gasteiger charge is -2.08. The fourth-order valence-electron chi connectivity index (χ4n) is 1.90. The zero-order chi connectivity index (χ0) is 15.0. The van der Waals surface area contributed by atoms with E-state index in [9.17, 15) is 4.79 Å². The van der Waals surface area contributed by atoms with E-state index in [0.717, 1.165) is 10.9 Å². The van der Waals surface area contributed by atoms with Gasteiger partial charge in [0.15, 0.2) is 16.1 Å². The number of hydrogen-bond acceptors (Lipinski definition) is 5. The highest BCUT2D eigenvalue weighted by Crippen LogP contribution is 2.30. The minimum atomic E-state index is -0.413. The normalized spacial score (nSPS) is 10.8. The van der Waals surface area contributed by atoms with Gasteiger partial charge in [0.05, 0.1) is 0 Å². The van der Waals surface area contributed by atoms with Crippen LogP contribution in [0.25, 0.3) is 11.0 Å². The van der Waals surface area contributed by atoms with Crippen molar-refractivity contribution in [2.24, 2.45) is 0 Å². The fourth-order valence-corrected chi connectivity index (χ4v) is 2.17. The number of rotatable bonds is 2. The highest BCUT2D eigenvalue weighted by molar-refractivity contribution is 6.32. The molecule has 2 aromatic heterocycles. The lowest BCUT2D eigenvalue weighted by molar-refractivity contribution is 0.476. The van der Waals surface area contributed by atoms with Crippen LogP contribution < -0.4 is 10.4 Å². The summed E-state index contributed by atoms with van der Waals surface area (Å²) in [6.45, 7) is 1.84. The van der Waals surface area contributed by atoms with Crippen LogP contribution in [-0.4, -0.2) is 10.2 Å². The molecule has 0 unspecified atom stereocenters. The van der Waals surface area contributed by atoms with E-state index in [1.54, 1.807) is 18.2 Å². The monoisotopic (exact) mass is 322 g/mol. The molecular weight excluding hydrogens is 315 g/mol. The summed E-state index contributed by atoms with van der Waals surface area (Å²) in [5.74, 6) is 0.716. The summed E-state index contributed by atoms with van der Waals surface area (Å²) in [6, 6.07) is 8.03. The van der Waals surface area contributed by atoms with Crippen molar-refractivity contribution in [3.63, 3.8) is 0 Å². The van der Waals surface area contributed by atoms with Crippen molar-refractivity contribution in [1.82, 2.24) is 10.2 Å². The number of ether oxygens (including phenoxy) is 1. The standard InChI is InChI=1S/C14H8Cl2N2O3/c1-7-4-13(19)21-10-5-8(2-3-9(7)10)20-11-6-12(15)17-18-14(11)16/h2-6H,1H3. The Morgan fingerprint density at radius 3 is 2.76 bits per heavy atom. The maximum absolute atomic E-state index is 11.4. The van der Waals surface area contributed by atoms with Gasteiger partial charge in [0, 0.05) is 23.6 Å². The molecule has 1 aromatic carbocycles. The zero-order valence-electron chi connectivity index (χ0n) is 10.8. The van der Waals surface area contributed by atoms with E-state index in [-0.39, 0.29) is 16.1 Å². The molecule has 2 heterocycles. The molecule has 3 rings (SSSR count). The summed E-state index contributed by atoms with van der Waals surface area (Å²) in [7, 11) is 0. The van der Waals surface area contributed by atoms with Crippen LogP contribution in [-0.2, 0) is 0 Å². The summed E-state index contributed by atoms with van der Waals surface area (Å²) in [5.41, 5.74) is 0.852. The van der Waals surface area contributed by atoms with Gasteiger partial charge in [-0.1, -0.05) is 23.2 Å². The van der Waals surface area contributed by atoms with Crippen LogP contribution in [0, 0.1) is 6.92 Å². The molecule has 0 saturated carbocycles. The van der Waals surface area contributed by atoms with Gasteiger partial charge < -0.3 is 9.15 Å². The van der Waals surface area contributed by atoms with E-state index in [4.69, 9.17) is 32.4 Å². The van der Waals surface area contributed by atoms with Crippen molar-refractivity contribution < 1.29 is 9.15 Å². The van der Waals surface area contributed by atoms with E-state index >= 15 is 0 Å². The topological polar surface area (TPSA) is 65.2 Å². The molecule has 0 N–H and O–H groups in total. The van der Waals surface area contributed by atoms with Gasteiger partial charge in [-0.15, -0.1) is 10.2 Å². The van der Waals surface area contributed by atoms with Gasteiger partial charge in [0.2, 0.25) is 0 Å². The first-order valence-electron chi connectivity index (χ1n) is 5.94. The van der Waals surface area contributed by atoms with Crippen LogP contribution in [0.15, 0.2) is 39.5 Å². The summed E-state index contributed by atoms with van der Waals surface area (Å²) in [6.07, 6.45) is 0. The molecule has 7 heteroatoms. The Morgan fingerprint density at radius 2 is 1.95 bits per heavy atom. The molecule has 5 nitrogen and oxygen atoms in total. The molecule has 0 aliphatic carbocycles. The van der Waals surface area contributed by atoms with E-state index < -0.39 is 5.63 Å².